The Labute approximate surface area is 155 Å². The maximum absolute atomic E-state index is 12.8. The van der Waals surface area contributed by atoms with E-state index >= 15 is 0 Å². The van der Waals surface area contributed by atoms with Gasteiger partial charge in [-0.3, -0.25) is 4.79 Å². The molecule has 1 saturated heterocycles. The minimum absolute atomic E-state index is 0.0438. The molecule has 1 aromatic carbocycles. The first kappa shape index (κ1) is 19.1. The molecule has 3 rings (SSSR count). The first-order chi connectivity index (χ1) is 12.4. The lowest BCUT2D eigenvalue weighted by molar-refractivity contribution is -0.137. The van der Waals surface area contributed by atoms with Crippen LogP contribution in [0.15, 0.2) is 29.2 Å². The van der Waals surface area contributed by atoms with E-state index in [-0.39, 0.29) is 22.8 Å². The summed E-state index contributed by atoms with van der Waals surface area (Å²) >= 11 is 0. The molecule has 8 heteroatoms. The number of carbonyl (C=O) groups excluding carboxylic acids is 1. The van der Waals surface area contributed by atoms with Crippen molar-refractivity contribution in [3.63, 3.8) is 0 Å². The smallest absolute Gasteiger partial charge is 0.242 e. The molecule has 0 spiro atoms. The molecule has 3 N–H and O–H groups in total. The SMILES string of the molecule is CNS(=O)(=O)c1ccccc1N1CCN(C(=O)[C@H]2CCC[C@H](N)C2)CC1. The molecule has 7 nitrogen and oxygen atoms in total. The highest BCUT2D eigenvalue weighted by Crippen LogP contribution is 2.28. The van der Waals surface area contributed by atoms with Crippen LogP contribution in [-0.2, 0) is 14.8 Å². The Morgan fingerprint density at radius 2 is 1.85 bits per heavy atom. The van der Waals surface area contributed by atoms with Crippen molar-refractivity contribution in [2.75, 3.05) is 38.1 Å². The van der Waals surface area contributed by atoms with E-state index in [1.54, 1.807) is 12.1 Å². The first-order valence-electron chi connectivity index (χ1n) is 9.24. The molecule has 0 radical (unpaired) electrons. The summed E-state index contributed by atoms with van der Waals surface area (Å²) in [5, 5.41) is 0. The highest BCUT2D eigenvalue weighted by molar-refractivity contribution is 7.89. The van der Waals surface area contributed by atoms with Crippen LogP contribution in [0.5, 0.6) is 0 Å². The Kier molecular flexibility index (Phi) is 5.84. The molecule has 26 heavy (non-hydrogen) atoms. The van der Waals surface area contributed by atoms with Gasteiger partial charge in [0.05, 0.1) is 5.69 Å². The van der Waals surface area contributed by atoms with E-state index in [1.165, 1.54) is 7.05 Å². The molecule has 0 bridgehead atoms. The summed E-state index contributed by atoms with van der Waals surface area (Å²) in [4.78, 5) is 17.0. The van der Waals surface area contributed by atoms with Gasteiger partial charge in [-0.1, -0.05) is 18.6 Å². The van der Waals surface area contributed by atoms with Crippen molar-refractivity contribution < 1.29 is 13.2 Å². The topological polar surface area (TPSA) is 95.7 Å². The number of hydrogen-bond donors (Lipinski definition) is 2. The molecule has 1 saturated carbocycles. The molecule has 2 fully saturated rings. The van der Waals surface area contributed by atoms with Gasteiger partial charge in [0.1, 0.15) is 4.90 Å². The molecule has 144 valence electrons. The molecule has 0 aromatic heterocycles. The summed E-state index contributed by atoms with van der Waals surface area (Å²) in [7, 11) is -2.10. The van der Waals surface area contributed by atoms with Gasteiger partial charge in [0.15, 0.2) is 0 Å². The number of rotatable bonds is 4. The molecule has 1 aromatic rings. The van der Waals surface area contributed by atoms with Crippen LogP contribution in [0.1, 0.15) is 25.7 Å². The number of nitrogens with one attached hydrogen (secondary N) is 1. The van der Waals surface area contributed by atoms with Crippen LogP contribution in [0.3, 0.4) is 0 Å². The normalized spacial score (nSPS) is 24.5. The number of benzene rings is 1. The quantitative estimate of drug-likeness (QED) is 0.804. The average Bonchev–Trinajstić information content (AvgIpc) is 2.67. The third-order valence-electron chi connectivity index (χ3n) is 5.42. The van der Waals surface area contributed by atoms with Crippen molar-refractivity contribution in [3.05, 3.63) is 24.3 Å². The molecular formula is C18H28N4O3S. The molecule has 1 amide bonds. The van der Waals surface area contributed by atoms with E-state index in [4.69, 9.17) is 5.73 Å². The molecule has 2 aliphatic rings. The second kappa shape index (κ2) is 7.94. The molecule has 2 atom stereocenters. The third-order valence-corrected chi connectivity index (χ3v) is 6.88. The van der Waals surface area contributed by atoms with Crippen LogP contribution in [0.25, 0.3) is 0 Å². The van der Waals surface area contributed by atoms with Crippen molar-refractivity contribution in [1.82, 2.24) is 9.62 Å². The number of nitrogens with two attached hydrogens (primary N) is 1. The van der Waals surface area contributed by atoms with Crippen LogP contribution >= 0.6 is 0 Å². The van der Waals surface area contributed by atoms with E-state index in [0.717, 1.165) is 25.7 Å². The zero-order valence-electron chi connectivity index (χ0n) is 15.2. The van der Waals surface area contributed by atoms with Crippen LogP contribution in [0.2, 0.25) is 0 Å². The minimum atomic E-state index is -3.52. The van der Waals surface area contributed by atoms with E-state index in [9.17, 15) is 13.2 Å². The lowest BCUT2D eigenvalue weighted by atomic mass is 9.85. The van der Waals surface area contributed by atoms with Crippen molar-refractivity contribution in [1.29, 1.82) is 0 Å². The van der Waals surface area contributed by atoms with Gasteiger partial charge in [-0.05, 0) is 38.4 Å². The Hall–Kier alpha value is -1.64. The standard InChI is InChI=1S/C18H28N4O3S/c1-20-26(24,25)17-8-3-2-7-16(17)21-9-11-22(12-10-21)18(23)14-5-4-6-15(19)13-14/h2-3,7-8,14-15,20H,4-6,9-13,19H2,1H3/t14-,15-/m0/s1. The van der Waals surface area contributed by atoms with Gasteiger partial charge in [-0.15, -0.1) is 0 Å². The van der Waals surface area contributed by atoms with Crippen LogP contribution in [-0.4, -0.2) is 58.5 Å². The highest BCUT2D eigenvalue weighted by Gasteiger charge is 2.31. The van der Waals surface area contributed by atoms with Gasteiger partial charge in [-0.25, -0.2) is 13.1 Å². The molecular weight excluding hydrogens is 352 g/mol. The van der Waals surface area contributed by atoms with Crippen molar-refractivity contribution in [2.45, 2.75) is 36.6 Å². The first-order valence-corrected chi connectivity index (χ1v) is 10.7. The third kappa shape index (κ3) is 4.02. The summed E-state index contributed by atoms with van der Waals surface area (Å²) in [6, 6.07) is 7.13. The Morgan fingerprint density at radius 3 is 2.50 bits per heavy atom. The van der Waals surface area contributed by atoms with Crippen LogP contribution in [0, 0.1) is 5.92 Å². The van der Waals surface area contributed by atoms with Crippen molar-refractivity contribution in [3.8, 4) is 0 Å². The predicted molar refractivity (Wildman–Crippen MR) is 101 cm³/mol. The van der Waals surface area contributed by atoms with Gasteiger partial charge in [0.25, 0.3) is 0 Å². The lowest BCUT2D eigenvalue weighted by Crippen LogP contribution is -2.51. The summed E-state index contributed by atoms with van der Waals surface area (Å²) < 4.78 is 26.9. The monoisotopic (exact) mass is 380 g/mol. The van der Waals surface area contributed by atoms with Crippen molar-refractivity contribution in [2.24, 2.45) is 11.7 Å². The largest absolute Gasteiger partial charge is 0.367 e. The maximum Gasteiger partial charge on any atom is 0.242 e. The maximum atomic E-state index is 12.8. The van der Waals surface area contributed by atoms with E-state index in [1.807, 2.05) is 21.9 Å². The Bertz CT molecular complexity index is 745. The summed E-state index contributed by atoms with van der Waals surface area (Å²) in [5.74, 6) is 0.248. The van der Waals surface area contributed by atoms with E-state index in [2.05, 4.69) is 4.72 Å². The number of hydrogen-bond acceptors (Lipinski definition) is 5. The minimum Gasteiger partial charge on any atom is -0.367 e. The second-order valence-corrected chi connectivity index (χ2v) is 8.97. The highest BCUT2D eigenvalue weighted by atomic mass is 32.2. The summed E-state index contributed by atoms with van der Waals surface area (Å²) in [6.07, 6.45) is 3.74. The van der Waals surface area contributed by atoms with Crippen molar-refractivity contribution >= 4 is 21.6 Å². The number of sulfonamides is 1. The van der Waals surface area contributed by atoms with Gasteiger partial charge < -0.3 is 15.5 Å². The van der Waals surface area contributed by atoms with E-state index < -0.39 is 10.0 Å². The average molecular weight is 381 g/mol. The zero-order valence-corrected chi connectivity index (χ0v) is 16.0. The number of piperazine rings is 1. The van der Waals surface area contributed by atoms with Gasteiger partial charge in [0.2, 0.25) is 15.9 Å². The van der Waals surface area contributed by atoms with E-state index in [0.29, 0.717) is 31.9 Å². The Balaban J connectivity index is 1.67. The number of para-hydroxylation sites is 1. The summed E-state index contributed by atoms with van der Waals surface area (Å²) in [5.41, 5.74) is 6.71. The molecule has 1 aliphatic carbocycles. The Morgan fingerprint density at radius 1 is 1.15 bits per heavy atom. The molecule has 1 aliphatic heterocycles. The lowest BCUT2D eigenvalue weighted by Gasteiger charge is -2.39. The summed E-state index contributed by atoms with van der Waals surface area (Å²) in [6.45, 7) is 2.47. The van der Waals surface area contributed by atoms with Gasteiger partial charge in [0, 0.05) is 38.1 Å². The number of anilines is 1. The predicted octanol–water partition coefficient (Wildman–Crippen LogP) is 0.761. The van der Waals surface area contributed by atoms with Crippen LogP contribution < -0.4 is 15.4 Å². The zero-order chi connectivity index (χ0) is 18.7. The fourth-order valence-corrected chi connectivity index (χ4v) is 4.88. The number of nitrogens with zero attached hydrogens (tertiary/aromatic N) is 2. The second-order valence-electron chi connectivity index (χ2n) is 7.11. The fourth-order valence-electron chi connectivity index (χ4n) is 3.93. The van der Waals surface area contributed by atoms with Crippen LogP contribution in [0.4, 0.5) is 5.69 Å². The fraction of sp³-hybridized carbons (Fsp3) is 0.611. The van der Waals surface area contributed by atoms with Gasteiger partial charge >= 0.3 is 0 Å². The number of carbonyl (C=O) groups is 1. The molecule has 1 heterocycles. The van der Waals surface area contributed by atoms with Gasteiger partial charge in [-0.2, -0.15) is 0 Å². The number of amides is 1. The molecule has 0 unspecified atom stereocenters.